The molecule has 3 aromatic carbocycles. The van der Waals surface area contributed by atoms with Crippen LogP contribution in [0.25, 0.3) is 0 Å². The molecule has 1 aliphatic rings. The molecular weight excluding hydrogens is 468 g/mol. The third-order valence-electron chi connectivity index (χ3n) is 6.16. The van der Waals surface area contributed by atoms with E-state index >= 15 is 0 Å². The second kappa shape index (κ2) is 13.3. The first-order valence-electron chi connectivity index (χ1n) is 12.7. The lowest BCUT2D eigenvalue weighted by atomic mass is 10.1. The summed E-state index contributed by atoms with van der Waals surface area (Å²) in [4.78, 5) is 27.7. The normalized spacial score (nSPS) is 13.4. The first-order chi connectivity index (χ1) is 18.1. The fourth-order valence-corrected chi connectivity index (χ4v) is 4.29. The zero-order valence-electron chi connectivity index (χ0n) is 21.2. The number of hydrogen-bond acceptors (Lipinski definition) is 5. The van der Waals surface area contributed by atoms with Gasteiger partial charge in [-0.05, 0) is 75.3 Å². The summed E-state index contributed by atoms with van der Waals surface area (Å²) >= 11 is 0. The highest BCUT2D eigenvalue weighted by atomic mass is 16.5. The van der Waals surface area contributed by atoms with Crippen LogP contribution in [0.2, 0.25) is 0 Å². The summed E-state index contributed by atoms with van der Waals surface area (Å²) in [6.07, 6.45) is 4.75. The van der Waals surface area contributed by atoms with Gasteiger partial charge in [-0.15, -0.1) is 0 Å². The molecule has 0 radical (unpaired) electrons. The van der Waals surface area contributed by atoms with E-state index in [2.05, 4.69) is 20.9 Å². The van der Waals surface area contributed by atoms with Gasteiger partial charge in [0, 0.05) is 30.1 Å². The molecule has 1 aliphatic heterocycles. The van der Waals surface area contributed by atoms with Crippen LogP contribution in [0.1, 0.15) is 36.0 Å². The smallest absolute Gasteiger partial charge is 0.323 e. The molecule has 3 aromatic rings. The van der Waals surface area contributed by atoms with Crippen molar-refractivity contribution in [2.75, 3.05) is 43.9 Å². The van der Waals surface area contributed by atoms with E-state index in [0.717, 1.165) is 26.1 Å². The van der Waals surface area contributed by atoms with Crippen molar-refractivity contribution in [2.24, 2.45) is 0 Å². The minimum absolute atomic E-state index is 0.193. The number of anilines is 2. The number of nitrogens with zero attached hydrogens (tertiary/aromatic N) is 1. The van der Waals surface area contributed by atoms with Gasteiger partial charge in [0.15, 0.2) is 0 Å². The van der Waals surface area contributed by atoms with Crippen LogP contribution >= 0.6 is 0 Å². The van der Waals surface area contributed by atoms with Gasteiger partial charge in [-0.1, -0.05) is 30.7 Å². The molecular formula is C29H34N4O4. The van der Waals surface area contributed by atoms with E-state index in [4.69, 9.17) is 9.47 Å². The molecule has 8 heteroatoms. The van der Waals surface area contributed by atoms with Crippen LogP contribution in [0.3, 0.4) is 0 Å². The molecule has 4 rings (SSSR count). The first-order valence-corrected chi connectivity index (χ1v) is 12.7. The van der Waals surface area contributed by atoms with Gasteiger partial charge in [0.05, 0.1) is 12.7 Å². The summed E-state index contributed by atoms with van der Waals surface area (Å²) in [6.45, 7) is 3.90. The van der Waals surface area contributed by atoms with E-state index in [9.17, 15) is 9.59 Å². The minimum atomic E-state index is -0.422. The number of para-hydroxylation sites is 1. The lowest BCUT2D eigenvalue weighted by molar-refractivity contribution is 0.0948. The number of rotatable bonds is 10. The SMILES string of the molecule is COc1cc(NC(=O)Nc2cccc(Oc3ccccc3)c2)ccc1C(=O)NCCCN1CCCCC1. The Morgan fingerprint density at radius 3 is 2.32 bits per heavy atom. The van der Waals surface area contributed by atoms with Crippen LogP contribution in [0.5, 0.6) is 17.2 Å². The molecule has 1 heterocycles. The molecule has 1 saturated heterocycles. The maximum Gasteiger partial charge on any atom is 0.323 e. The number of piperidine rings is 1. The van der Waals surface area contributed by atoms with Crippen molar-refractivity contribution in [3.05, 3.63) is 78.4 Å². The number of nitrogens with one attached hydrogen (secondary N) is 3. The number of carbonyl (C=O) groups excluding carboxylic acids is 2. The highest BCUT2D eigenvalue weighted by molar-refractivity contribution is 6.01. The quantitative estimate of drug-likeness (QED) is 0.308. The molecule has 0 bridgehead atoms. The van der Waals surface area contributed by atoms with Crippen molar-refractivity contribution in [3.63, 3.8) is 0 Å². The number of carbonyl (C=O) groups is 2. The number of methoxy groups -OCH3 is 1. The topological polar surface area (TPSA) is 91.9 Å². The minimum Gasteiger partial charge on any atom is -0.496 e. The summed E-state index contributed by atoms with van der Waals surface area (Å²) in [5, 5.41) is 8.55. The molecule has 0 aromatic heterocycles. The van der Waals surface area contributed by atoms with Gasteiger partial charge < -0.3 is 30.3 Å². The maximum absolute atomic E-state index is 12.7. The van der Waals surface area contributed by atoms with Gasteiger partial charge in [-0.3, -0.25) is 4.79 Å². The summed E-state index contributed by atoms with van der Waals surface area (Å²) in [7, 11) is 1.50. The zero-order valence-corrected chi connectivity index (χ0v) is 21.2. The predicted octanol–water partition coefficient (Wildman–Crippen LogP) is 5.74. The van der Waals surface area contributed by atoms with Gasteiger partial charge in [-0.2, -0.15) is 0 Å². The number of amides is 3. The summed E-state index contributed by atoms with van der Waals surface area (Å²) in [5.41, 5.74) is 1.52. The van der Waals surface area contributed by atoms with E-state index in [0.29, 0.717) is 40.7 Å². The number of benzene rings is 3. The Morgan fingerprint density at radius 2 is 1.57 bits per heavy atom. The van der Waals surface area contributed by atoms with Crippen molar-refractivity contribution in [2.45, 2.75) is 25.7 Å². The molecule has 194 valence electrons. The molecule has 0 spiro atoms. The molecule has 3 amide bonds. The first kappa shape index (κ1) is 26.0. The van der Waals surface area contributed by atoms with Crippen molar-refractivity contribution in [3.8, 4) is 17.2 Å². The highest BCUT2D eigenvalue weighted by Crippen LogP contribution is 2.25. The van der Waals surface area contributed by atoms with Crippen LogP contribution in [-0.2, 0) is 0 Å². The van der Waals surface area contributed by atoms with Crippen LogP contribution in [0.15, 0.2) is 72.8 Å². The standard InChI is InChI=1S/C29H34N4O4/c1-36-27-21-23(14-15-26(27)28(34)30-16-9-19-33-17-6-3-7-18-33)32-29(35)31-22-10-8-13-25(20-22)37-24-11-4-2-5-12-24/h2,4-5,8,10-15,20-21H,3,6-7,9,16-19H2,1H3,(H,30,34)(H2,31,32,35). The Kier molecular flexibility index (Phi) is 9.37. The highest BCUT2D eigenvalue weighted by Gasteiger charge is 2.15. The third kappa shape index (κ3) is 7.98. The molecule has 0 aliphatic carbocycles. The Hall–Kier alpha value is -4.04. The van der Waals surface area contributed by atoms with Gasteiger partial charge in [0.1, 0.15) is 17.2 Å². The van der Waals surface area contributed by atoms with Gasteiger partial charge >= 0.3 is 6.03 Å². The lowest BCUT2D eigenvalue weighted by Gasteiger charge is -2.26. The molecule has 3 N–H and O–H groups in total. The van der Waals surface area contributed by atoms with E-state index in [1.54, 1.807) is 36.4 Å². The molecule has 0 atom stereocenters. The number of urea groups is 1. The fraction of sp³-hybridized carbons (Fsp3) is 0.310. The molecule has 1 fully saturated rings. The second-order valence-electron chi connectivity index (χ2n) is 8.95. The van der Waals surface area contributed by atoms with Gasteiger partial charge in [0.25, 0.3) is 5.91 Å². The largest absolute Gasteiger partial charge is 0.496 e. The average molecular weight is 503 g/mol. The monoisotopic (exact) mass is 502 g/mol. The van der Waals surface area contributed by atoms with E-state index in [1.807, 2.05) is 36.4 Å². The van der Waals surface area contributed by atoms with Crippen molar-refractivity contribution in [1.82, 2.24) is 10.2 Å². The summed E-state index contributed by atoms with van der Waals surface area (Å²) in [6, 6.07) is 21.1. The second-order valence-corrected chi connectivity index (χ2v) is 8.95. The predicted molar refractivity (Wildman–Crippen MR) is 146 cm³/mol. The van der Waals surface area contributed by atoms with Crippen molar-refractivity contribution < 1.29 is 19.1 Å². The van der Waals surface area contributed by atoms with Crippen LogP contribution < -0.4 is 25.4 Å². The Labute approximate surface area is 218 Å². The Bertz CT molecular complexity index is 1180. The zero-order chi connectivity index (χ0) is 25.9. The van der Waals surface area contributed by atoms with E-state index in [1.165, 1.54) is 26.4 Å². The maximum atomic E-state index is 12.7. The fourth-order valence-electron chi connectivity index (χ4n) is 4.29. The van der Waals surface area contributed by atoms with E-state index < -0.39 is 6.03 Å². The summed E-state index contributed by atoms with van der Waals surface area (Å²) in [5.74, 6) is 1.52. The van der Waals surface area contributed by atoms with Crippen LogP contribution in [0.4, 0.5) is 16.2 Å². The van der Waals surface area contributed by atoms with Gasteiger partial charge in [0.2, 0.25) is 0 Å². The van der Waals surface area contributed by atoms with Gasteiger partial charge in [-0.25, -0.2) is 4.79 Å². The lowest BCUT2D eigenvalue weighted by Crippen LogP contribution is -2.33. The van der Waals surface area contributed by atoms with E-state index in [-0.39, 0.29) is 5.91 Å². The van der Waals surface area contributed by atoms with Crippen LogP contribution in [0, 0.1) is 0 Å². The molecule has 8 nitrogen and oxygen atoms in total. The Morgan fingerprint density at radius 1 is 0.838 bits per heavy atom. The number of ether oxygens (including phenoxy) is 2. The van der Waals surface area contributed by atoms with Crippen molar-refractivity contribution in [1.29, 1.82) is 0 Å². The summed E-state index contributed by atoms with van der Waals surface area (Å²) < 4.78 is 11.2. The molecule has 0 saturated carbocycles. The Balaban J connectivity index is 1.28. The molecule has 0 unspecified atom stereocenters. The number of likely N-dealkylation sites (tertiary alicyclic amines) is 1. The van der Waals surface area contributed by atoms with Crippen molar-refractivity contribution >= 4 is 23.3 Å². The average Bonchev–Trinajstić information content (AvgIpc) is 2.92. The molecule has 37 heavy (non-hydrogen) atoms. The number of hydrogen-bond donors (Lipinski definition) is 3. The van der Waals surface area contributed by atoms with Crippen LogP contribution in [-0.4, -0.2) is 50.1 Å². The third-order valence-corrected chi connectivity index (χ3v) is 6.16.